The van der Waals surface area contributed by atoms with Crippen molar-refractivity contribution < 1.29 is 14.2 Å². The Balaban J connectivity index is 0.00000163. The van der Waals surface area contributed by atoms with Crippen LogP contribution in [0.3, 0.4) is 0 Å². The van der Waals surface area contributed by atoms with E-state index in [2.05, 4.69) is 54.0 Å². The molecule has 3 rings (SSSR count). The van der Waals surface area contributed by atoms with Gasteiger partial charge in [-0.1, -0.05) is 104 Å². The number of allylic oxidation sites excluding steroid dienone is 2. The first kappa shape index (κ1) is 33.0. The van der Waals surface area contributed by atoms with Crippen LogP contribution in [0.5, 0.6) is 5.75 Å². The second-order valence-corrected chi connectivity index (χ2v) is 9.25. The monoisotopic (exact) mass is 516 g/mol. The predicted molar refractivity (Wildman–Crippen MR) is 158 cm³/mol. The maximum Gasteiger partial charge on any atom is 0.202 e. The van der Waals surface area contributed by atoms with Crippen LogP contribution in [0.15, 0.2) is 48.4 Å². The van der Waals surface area contributed by atoms with E-state index >= 15 is 0 Å². The normalized spacial score (nSPS) is 19.2. The van der Waals surface area contributed by atoms with Gasteiger partial charge in [-0.3, -0.25) is 5.32 Å². The van der Waals surface area contributed by atoms with Crippen LogP contribution in [0.25, 0.3) is 0 Å². The van der Waals surface area contributed by atoms with Crippen LogP contribution >= 0.6 is 0 Å². The Morgan fingerprint density at radius 3 is 2.14 bits per heavy atom. The van der Waals surface area contributed by atoms with Crippen LogP contribution in [0.1, 0.15) is 117 Å². The van der Waals surface area contributed by atoms with Crippen molar-refractivity contribution in [3.63, 3.8) is 0 Å². The first-order chi connectivity index (χ1) is 18.3. The molecule has 0 saturated carbocycles. The molecule has 2 aliphatic rings. The van der Waals surface area contributed by atoms with Crippen molar-refractivity contribution >= 4 is 0 Å². The highest BCUT2D eigenvalue weighted by Crippen LogP contribution is 2.26. The van der Waals surface area contributed by atoms with Gasteiger partial charge < -0.3 is 19.5 Å². The molecule has 5 heteroatoms. The molecule has 0 fully saturated rings. The smallest absolute Gasteiger partial charge is 0.202 e. The van der Waals surface area contributed by atoms with Gasteiger partial charge in [0.05, 0.1) is 13.2 Å². The average Bonchev–Trinajstić information content (AvgIpc) is 2.98. The van der Waals surface area contributed by atoms with Crippen LogP contribution in [0.4, 0.5) is 0 Å². The molecule has 0 spiro atoms. The van der Waals surface area contributed by atoms with Crippen LogP contribution in [0, 0.1) is 5.92 Å². The summed E-state index contributed by atoms with van der Waals surface area (Å²) in [5, 5.41) is 6.92. The molecule has 2 N–H and O–H groups in total. The maximum absolute atomic E-state index is 6.14. The first-order valence-electron chi connectivity index (χ1n) is 15.1. The van der Waals surface area contributed by atoms with E-state index in [0.717, 1.165) is 43.8 Å². The molecule has 0 radical (unpaired) electrons. The number of hydrogen-bond acceptors (Lipinski definition) is 5. The van der Waals surface area contributed by atoms with E-state index in [9.17, 15) is 0 Å². The SMILES string of the molecule is CC.CC.CCCCCCCCCCOc1ccc(C2NC=C(OC(OC)C3CC=CCC3)CN2)cc1. The molecule has 1 heterocycles. The molecule has 1 aliphatic heterocycles. The van der Waals surface area contributed by atoms with Crippen LogP contribution in [0.2, 0.25) is 0 Å². The lowest BCUT2D eigenvalue weighted by Gasteiger charge is -2.31. The van der Waals surface area contributed by atoms with Gasteiger partial charge in [0.25, 0.3) is 0 Å². The third-order valence-corrected chi connectivity index (χ3v) is 6.57. The lowest BCUT2D eigenvalue weighted by atomic mass is 9.94. The van der Waals surface area contributed by atoms with E-state index < -0.39 is 0 Å². The molecule has 3 unspecified atom stereocenters. The van der Waals surface area contributed by atoms with E-state index in [1.54, 1.807) is 7.11 Å². The third kappa shape index (κ3) is 13.4. The van der Waals surface area contributed by atoms with E-state index in [4.69, 9.17) is 14.2 Å². The van der Waals surface area contributed by atoms with Gasteiger partial charge in [0.15, 0.2) is 0 Å². The summed E-state index contributed by atoms with van der Waals surface area (Å²) in [5.41, 5.74) is 1.19. The molecule has 5 nitrogen and oxygen atoms in total. The lowest BCUT2D eigenvalue weighted by molar-refractivity contribution is -0.133. The Bertz CT molecular complexity index is 717. The number of benzene rings is 1. The molecular formula is C32H56N2O3. The molecule has 0 aromatic heterocycles. The molecule has 212 valence electrons. The summed E-state index contributed by atoms with van der Waals surface area (Å²) in [6, 6.07) is 8.38. The number of unbranched alkanes of at least 4 members (excludes halogenated alkanes) is 7. The van der Waals surface area contributed by atoms with E-state index in [0.29, 0.717) is 12.5 Å². The largest absolute Gasteiger partial charge is 0.494 e. The highest BCUT2D eigenvalue weighted by atomic mass is 16.7. The van der Waals surface area contributed by atoms with E-state index in [1.165, 1.54) is 50.5 Å². The second kappa shape index (κ2) is 22.0. The maximum atomic E-state index is 6.14. The topological polar surface area (TPSA) is 51.8 Å². The van der Waals surface area contributed by atoms with Crippen LogP contribution in [-0.4, -0.2) is 26.6 Å². The Kier molecular flexibility index (Phi) is 19.7. The zero-order valence-corrected chi connectivity index (χ0v) is 24.7. The number of ether oxygens (including phenoxy) is 3. The molecule has 1 aromatic rings. The van der Waals surface area contributed by atoms with Crippen molar-refractivity contribution in [2.45, 2.75) is 118 Å². The quantitative estimate of drug-likeness (QED) is 0.139. The average molecular weight is 517 g/mol. The summed E-state index contributed by atoms with van der Waals surface area (Å²) in [7, 11) is 1.73. The summed E-state index contributed by atoms with van der Waals surface area (Å²) >= 11 is 0. The van der Waals surface area contributed by atoms with Crippen LogP contribution < -0.4 is 15.4 Å². The molecule has 0 saturated heterocycles. The fourth-order valence-corrected chi connectivity index (χ4v) is 4.51. The summed E-state index contributed by atoms with van der Waals surface area (Å²) < 4.78 is 17.7. The van der Waals surface area contributed by atoms with Crippen molar-refractivity contribution in [3.05, 3.63) is 53.9 Å². The molecule has 1 aliphatic carbocycles. The Morgan fingerprint density at radius 1 is 0.892 bits per heavy atom. The van der Waals surface area contributed by atoms with Crippen molar-refractivity contribution in [3.8, 4) is 5.75 Å². The van der Waals surface area contributed by atoms with Crippen molar-refractivity contribution in [2.24, 2.45) is 5.92 Å². The molecular weight excluding hydrogens is 460 g/mol. The fraction of sp³-hybridized carbons (Fsp3) is 0.688. The summed E-state index contributed by atoms with van der Waals surface area (Å²) in [6.45, 7) is 11.7. The summed E-state index contributed by atoms with van der Waals surface area (Å²) in [6.07, 6.45) is 20.1. The molecule has 37 heavy (non-hydrogen) atoms. The Hall–Kier alpha value is -1.98. The molecule has 0 bridgehead atoms. The van der Waals surface area contributed by atoms with Gasteiger partial charge in [-0.25, -0.2) is 0 Å². The Morgan fingerprint density at radius 2 is 1.57 bits per heavy atom. The first-order valence-corrected chi connectivity index (χ1v) is 15.1. The minimum absolute atomic E-state index is 0.0673. The second-order valence-electron chi connectivity index (χ2n) is 9.25. The standard InChI is InChI=1S/C28H44N2O3.2C2H6/c1-3-4-5-6-7-8-9-13-20-32-25-18-16-23(17-19-25)27-29-21-26(22-30-27)33-28(31-2)24-14-11-10-12-15-24;2*1-2/h10-11,16-19,21,24,27-30H,3-9,12-15,20,22H2,1-2H3;2*1-2H3. The molecule has 1 aromatic carbocycles. The summed E-state index contributed by atoms with van der Waals surface area (Å²) in [5.74, 6) is 2.25. The Labute approximate surface area is 228 Å². The van der Waals surface area contributed by atoms with Gasteiger partial charge in [0.2, 0.25) is 6.29 Å². The van der Waals surface area contributed by atoms with E-state index in [-0.39, 0.29) is 12.5 Å². The minimum atomic E-state index is -0.196. The lowest BCUT2D eigenvalue weighted by Crippen LogP contribution is -2.39. The van der Waals surface area contributed by atoms with Gasteiger partial charge in [-0.05, 0) is 43.4 Å². The number of methoxy groups -OCH3 is 1. The van der Waals surface area contributed by atoms with Crippen molar-refractivity contribution in [1.29, 1.82) is 0 Å². The van der Waals surface area contributed by atoms with Crippen molar-refractivity contribution in [2.75, 3.05) is 20.3 Å². The highest BCUT2D eigenvalue weighted by Gasteiger charge is 2.25. The number of hydrogen-bond donors (Lipinski definition) is 2. The van der Waals surface area contributed by atoms with E-state index in [1.807, 2.05) is 33.9 Å². The zero-order chi connectivity index (χ0) is 27.1. The van der Waals surface area contributed by atoms with Gasteiger partial charge in [0.1, 0.15) is 17.7 Å². The molecule has 3 atom stereocenters. The number of nitrogens with one attached hydrogen (secondary N) is 2. The van der Waals surface area contributed by atoms with Gasteiger partial charge >= 0.3 is 0 Å². The predicted octanol–water partition coefficient (Wildman–Crippen LogP) is 8.64. The van der Waals surface area contributed by atoms with Gasteiger partial charge in [-0.2, -0.15) is 0 Å². The fourth-order valence-electron chi connectivity index (χ4n) is 4.51. The summed E-state index contributed by atoms with van der Waals surface area (Å²) in [4.78, 5) is 0. The third-order valence-electron chi connectivity index (χ3n) is 6.57. The number of rotatable bonds is 15. The van der Waals surface area contributed by atoms with Gasteiger partial charge in [-0.15, -0.1) is 0 Å². The van der Waals surface area contributed by atoms with Gasteiger partial charge in [0, 0.05) is 19.2 Å². The minimum Gasteiger partial charge on any atom is -0.494 e. The zero-order valence-electron chi connectivity index (χ0n) is 24.7. The highest BCUT2D eigenvalue weighted by molar-refractivity contribution is 5.29. The molecule has 0 amide bonds. The van der Waals surface area contributed by atoms with Crippen LogP contribution in [-0.2, 0) is 9.47 Å². The van der Waals surface area contributed by atoms with Crippen molar-refractivity contribution in [1.82, 2.24) is 10.6 Å².